The Labute approximate surface area is 86.3 Å². The SMILES string of the molecule is CCN(CC(C)(C)O)C(C)C(=O)NC. The Balaban J connectivity index is 4.33. The van der Waals surface area contributed by atoms with Crippen LogP contribution in [-0.2, 0) is 4.79 Å². The summed E-state index contributed by atoms with van der Waals surface area (Å²) in [6, 6.07) is -0.198. The van der Waals surface area contributed by atoms with Crippen molar-refractivity contribution < 1.29 is 9.90 Å². The molecule has 1 amide bonds. The van der Waals surface area contributed by atoms with Crippen LogP contribution in [0.3, 0.4) is 0 Å². The van der Waals surface area contributed by atoms with E-state index in [2.05, 4.69) is 5.32 Å². The highest BCUT2D eigenvalue weighted by atomic mass is 16.3. The molecule has 84 valence electrons. The number of nitrogens with one attached hydrogen (secondary N) is 1. The minimum Gasteiger partial charge on any atom is -0.389 e. The molecule has 0 fully saturated rings. The number of carbonyl (C=O) groups is 1. The summed E-state index contributed by atoms with van der Waals surface area (Å²) in [5.41, 5.74) is -0.766. The Hall–Kier alpha value is -0.610. The molecule has 0 heterocycles. The lowest BCUT2D eigenvalue weighted by molar-refractivity contribution is -0.126. The predicted octanol–water partition coefficient (Wildman–Crippen LogP) is 0.214. The number of hydrogen-bond acceptors (Lipinski definition) is 3. The molecular formula is C10H22N2O2. The van der Waals surface area contributed by atoms with Crippen LogP contribution in [0.1, 0.15) is 27.7 Å². The number of rotatable bonds is 5. The highest BCUT2D eigenvalue weighted by Crippen LogP contribution is 2.08. The van der Waals surface area contributed by atoms with E-state index in [1.54, 1.807) is 20.9 Å². The second-order valence-electron chi connectivity index (χ2n) is 4.17. The van der Waals surface area contributed by atoms with Crippen LogP contribution in [0.25, 0.3) is 0 Å². The maximum Gasteiger partial charge on any atom is 0.236 e. The highest BCUT2D eigenvalue weighted by molar-refractivity contribution is 5.80. The number of aliphatic hydroxyl groups is 1. The number of nitrogens with zero attached hydrogens (tertiary/aromatic N) is 1. The van der Waals surface area contributed by atoms with E-state index < -0.39 is 5.60 Å². The molecule has 0 radical (unpaired) electrons. The van der Waals surface area contributed by atoms with E-state index >= 15 is 0 Å². The van der Waals surface area contributed by atoms with Crippen molar-refractivity contribution in [3.05, 3.63) is 0 Å². The molecule has 0 spiro atoms. The van der Waals surface area contributed by atoms with Crippen molar-refractivity contribution in [1.29, 1.82) is 0 Å². The normalized spacial score (nSPS) is 14.2. The molecule has 0 aromatic heterocycles. The van der Waals surface area contributed by atoms with Crippen LogP contribution >= 0.6 is 0 Å². The smallest absolute Gasteiger partial charge is 0.236 e. The van der Waals surface area contributed by atoms with E-state index in [9.17, 15) is 9.90 Å². The average Bonchev–Trinajstić information content (AvgIpc) is 2.10. The summed E-state index contributed by atoms with van der Waals surface area (Å²) in [4.78, 5) is 13.3. The lowest BCUT2D eigenvalue weighted by Crippen LogP contribution is -2.49. The van der Waals surface area contributed by atoms with Gasteiger partial charge >= 0.3 is 0 Å². The average molecular weight is 202 g/mol. The van der Waals surface area contributed by atoms with Crippen molar-refractivity contribution >= 4 is 5.91 Å². The summed E-state index contributed by atoms with van der Waals surface area (Å²) in [6.07, 6.45) is 0. The third-order valence-electron chi connectivity index (χ3n) is 2.17. The lowest BCUT2D eigenvalue weighted by atomic mass is 10.1. The monoisotopic (exact) mass is 202 g/mol. The van der Waals surface area contributed by atoms with Crippen molar-refractivity contribution in [2.75, 3.05) is 20.1 Å². The molecule has 0 saturated carbocycles. The number of hydrogen-bond donors (Lipinski definition) is 2. The molecule has 0 aliphatic rings. The zero-order chi connectivity index (χ0) is 11.4. The van der Waals surface area contributed by atoms with E-state index in [1.165, 1.54) is 0 Å². The summed E-state index contributed by atoms with van der Waals surface area (Å²) in [5.74, 6) is -0.0175. The van der Waals surface area contributed by atoms with Crippen LogP contribution in [0.4, 0.5) is 0 Å². The number of carbonyl (C=O) groups excluding carboxylic acids is 1. The molecule has 2 N–H and O–H groups in total. The summed E-state index contributed by atoms with van der Waals surface area (Å²) >= 11 is 0. The third-order valence-corrected chi connectivity index (χ3v) is 2.17. The van der Waals surface area contributed by atoms with Crippen molar-refractivity contribution in [1.82, 2.24) is 10.2 Å². The highest BCUT2D eigenvalue weighted by Gasteiger charge is 2.24. The second kappa shape index (κ2) is 5.32. The van der Waals surface area contributed by atoms with Gasteiger partial charge in [-0.3, -0.25) is 9.69 Å². The van der Waals surface area contributed by atoms with Crippen molar-refractivity contribution in [3.8, 4) is 0 Å². The second-order valence-corrected chi connectivity index (χ2v) is 4.17. The van der Waals surface area contributed by atoms with Crippen molar-refractivity contribution in [3.63, 3.8) is 0 Å². The van der Waals surface area contributed by atoms with Crippen LogP contribution in [0.2, 0.25) is 0 Å². The van der Waals surface area contributed by atoms with Crippen molar-refractivity contribution in [2.24, 2.45) is 0 Å². The Morgan fingerprint density at radius 3 is 2.36 bits per heavy atom. The Morgan fingerprint density at radius 1 is 1.57 bits per heavy atom. The fourth-order valence-electron chi connectivity index (χ4n) is 1.39. The molecule has 0 rings (SSSR count). The minimum atomic E-state index is -0.766. The van der Waals surface area contributed by atoms with E-state index in [4.69, 9.17) is 0 Å². The molecule has 0 bridgehead atoms. The number of likely N-dealkylation sites (N-methyl/N-ethyl adjacent to an activating group) is 2. The van der Waals surface area contributed by atoms with Crippen LogP contribution in [0.15, 0.2) is 0 Å². The van der Waals surface area contributed by atoms with Gasteiger partial charge in [0, 0.05) is 13.6 Å². The van der Waals surface area contributed by atoms with Gasteiger partial charge < -0.3 is 10.4 Å². The van der Waals surface area contributed by atoms with Gasteiger partial charge in [0.2, 0.25) is 5.91 Å². The zero-order valence-electron chi connectivity index (χ0n) is 9.79. The first-order valence-corrected chi connectivity index (χ1v) is 5.00. The molecule has 0 aliphatic carbocycles. The molecule has 0 aliphatic heterocycles. The van der Waals surface area contributed by atoms with Crippen LogP contribution < -0.4 is 5.32 Å². The molecule has 1 atom stereocenters. The summed E-state index contributed by atoms with van der Waals surface area (Å²) < 4.78 is 0. The van der Waals surface area contributed by atoms with Gasteiger partial charge in [0.1, 0.15) is 0 Å². The van der Waals surface area contributed by atoms with E-state index in [1.807, 2.05) is 18.7 Å². The molecule has 1 unspecified atom stereocenters. The summed E-state index contributed by atoms with van der Waals surface area (Å²) in [7, 11) is 1.62. The van der Waals surface area contributed by atoms with Gasteiger partial charge in [0.05, 0.1) is 11.6 Å². The third kappa shape index (κ3) is 4.58. The summed E-state index contributed by atoms with van der Waals surface area (Å²) in [6.45, 7) is 8.55. The van der Waals surface area contributed by atoms with Gasteiger partial charge in [-0.15, -0.1) is 0 Å². The maximum absolute atomic E-state index is 11.4. The fourth-order valence-corrected chi connectivity index (χ4v) is 1.39. The first-order valence-electron chi connectivity index (χ1n) is 5.00. The topological polar surface area (TPSA) is 52.6 Å². The molecule has 4 nitrogen and oxygen atoms in total. The van der Waals surface area contributed by atoms with Gasteiger partial charge in [0.15, 0.2) is 0 Å². The fraction of sp³-hybridized carbons (Fsp3) is 0.900. The Bertz CT molecular complexity index is 187. The standard InChI is InChI=1S/C10H22N2O2/c1-6-12(7-10(3,4)14)8(2)9(13)11-5/h8,14H,6-7H2,1-5H3,(H,11,13). The molecular weight excluding hydrogens is 180 g/mol. The Kier molecular flexibility index (Phi) is 5.08. The van der Waals surface area contributed by atoms with Crippen LogP contribution in [0.5, 0.6) is 0 Å². The van der Waals surface area contributed by atoms with Gasteiger partial charge in [0.25, 0.3) is 0 Å². The quantitative estimate of drug-likeness (QED) is 0.670. The molecule has 0 aromatic carbocycles. The first kappa shape index (κ1) is 13.4. The molecule has 0 saturated heterocycles. The van der Waals surface area contributed by atoms with E-state index in [0.717, 1.165) is 6.54 Å². The van der Waals surface area contributed by atoms with Gasteiger partial charge in [-0.25, -0.2) is 0 Å². The molecule has 0 aromatic rings. The van der Waals surface area contributed by atoms with Gasteiger partial charge in [-0.2, -0.15) is 0 Å². The largest absolute Gasteiger partial charge is 0.389 e. The Morgan fingerprint density at radius 2 is 2.07 bits per heavy atom. The van der Waals surface area contributed by atoms with Crippen molar-refractivity contribution in [2.45, 2.75) is 39.3 Å². The lowest BCUT2D eigenvalue weighted by Gasteiger charge is -2.31. The first-order chi connectivity index (χ1) is 6.31. The van der Waals surface area contributed by atoms with E-state index in [0.29, 0.717) is 6.54 Å². The minimum absolute atomic E-state index is 0.0175. The number of amides is 1. The van der Waals surface area contributed by atoms with Gasteiger partial charge in [-0.05, 0) is 27.3 Å². The van der Waals surface area contributed by atoms with Crippen LogP contribution in [0, 0.1) is 0 Å². The van der Waals surface area contributed by atoms with Gasteiger partial charge in [-0.1, -0.05) is 6.92 Å². The summed E-state index contributed by atoms with van der Waals surface area (Å²) in [5, 5.41) is 12.3. The van der Waals surface area contributed by atoms with Crippen LogP contribution in [-0.4, -0.2) is 47.7 Å². The van der Waals surface area contributed by atoms with E-state index in [-0.39, 0.29) is 11.9 Å². The predicted molar refractivity (Wildman–Crippen MR) is 57.1 cm³/mol. The zero-order valence-corrected chi connectivity index (χ0v) is 9.79. The maximum atomic E-state index is 11.4. The molecule has 14 heavy (non-hydrogen) atoms. The molecule has 4 heteroatoms.